The van der Waals surface area contributed by atoms with Gasteiger partial charge < -0.3 is 9.47 Å². The largest absolute Gasteiger partial charge is 0.483 e. The van der Waals surface area contributed by atoms with Crippen LogP contribution in [0, 0.1) is 21.6 Å². The molecule has 1 aliphatic heterocycles. The second-order valence-electron chi connectivity index (χ2n) is 5.15. The average Bonchev–Trinajstić information content (AvgIpc) is 2.44. The van der Waals surface area contributed by atoms with Crippen LogP contribution in [0.4, 0.5) is 5.69 Å². The lowest BCUT2D eigenvalue weighted by Crippen LogP contribution is -2.30. The first kappa shape index (κ1) is 15.5. The first-order chi connectivity index (χ1) is 10.4. The van der Waals surface area contributed by atoms with Crippen LogP contribution in [-0.2, 0) is 4.74 Å². The van der Waals surface area contributed by atoms with Crippen molar-refractivity contribution in [1.29, 1.82) is 5.26 Å². The molecule has 1 aliphatic rings. The van der Waals surface area contributed by atoms with Crippen LogP contribution in [0.25, 0.3) is 5.57 Å². The third-order valence-electron chi connectivity index (χ3n) is 2.99. The SMILES string of the molecule is CCO/C(=N\C#N)C1=CC(C)(C)Oc2ccc([N+](=O)[O-])cc21. The molecule has 7 nitrogen and oxygen atoms in total. The van der Waals surface area contributed by atoms with E-state index in [4.69, 9.17) is 14.7 Å². The molecule has 0 unspecified atom stereocenters. The van der Waals surface area contributed by atoms with Crippen LogP contribution < -0.4 is 4.74 Å². The first-order valence-electron chi connectivity index (χ1n) is 6.68. The summed E-state index contributed by atoms with van der Waals surface area (Å²) in [5.74, 6) is 0.613. The summed E-state index contributed by atoms with van der Waals surface area (Å²) in [6.45, 7) is 5.77. The summed E-state index contributed by atoms with van der Waals surface area (Å²) < 4.78 is 11.2. The predicted molar refractivity (Wildman–Crippen MR) is 80.5 cm³/mol. The summed E-state index contributed by atoms with van der Waals surface area (Å²) in [6.07, 6.45) is 3.43. The lowest BCUT2D eigenvalue weighted by molar-refractivity contribution is -0.384. The van der Waals surface area contributed by atoms with Crippen molar-refractivity contribution in [2.45, 2.75) is 26.4 Å². The van der Waals surface area contributed by atoms with Gasteiger partial charge in [0, 0.05) is 23.3 Å². The smallest absolute Gasteiger partial charge is 0.270 e. The molecule has 1 aromatic carbocycles. The van der Waals surface area contributed by atoms with E-state index in [1.807, 2.05) is 13.8 Å². The van der Waals surface area contributed by atoms with E-state index < -0.39 is 10.5 Å². The van der Waals surface area contributed by atoms with Gasteiger partial charge in [0.2, 0.25) is 12.1 Å². The van der Waals surface area contributed by atoms with E-state index in [0.717, 1.165) is 0 Å². The van der Waals surface area contributed by atoms with Crippen molar-refractivity contribution in [2.24, 2.45) is 4.99 Å². The molecule has 0 amide bonds. The van der Waals surface area contributed by atoms with Gasteiger partial charge in [-0.25, -0.2) is 0 Å². The molecular formula is C15H15N3O4. The Balaban J connectivity index is 2.64. The molecule has 0 aromatic heterocycles. The van der Waals surface area contributed by atoms with Crippen molar-refractivity contribution in [1.82, 2.24) is 0 Å². The molecule has 114 valence electrons. The minimum atomic E-state index is -0.647. The fourth-order valence-electron chi connectivity index (χ4n) is 2.20. The lowest BCUT2D eigenvalue weighted by Gasteiger charge is -2.30. The Kier molecular flexibility index (Phi) is 4.13. The van der Waals surface area contributed by atoms with Crippen LogP contribution in [-0.4, -0.2) is 23.0 Å². The van der Waals surface area contributed by atoms with E-state index in [1.54, 1.807) is 19.2 Å². The van der Waals surface area contributed by atoms with Gasteiger partial charge in [-0.1, -0.05) is 0 Å². The molecule has 0 atom stereocenters. The van der Waals surface area contributed by atoms with Gasteiger partial charge in [-0.15, -0.1) is 4.99 Å². The summed E-state index contributed by atoms with van der Waals surface area (Å²) in [5, 5.41) is 19.8. The van der Waals surface area contributed by atoms with Crippen LogP contribution in [0.5, 0.6) is 5.75 Å². The Morgan fingerprint density at radius 3 is 2.86 bits per heavy atom. The Morgan fingerprint density at radius 2 is 2.27 bits per heavy atom. The number of aliphatic imine (C=N–C) groups is 1. The molecule has 0 aliphatic carbocycles. The van der Waals surface area contributed by atoms with Gasteiger partial charge in [0.15, 0.2) is 0 Å². The number of hydrogen-bond acceptors (Lipinski definition) is 6. The quantitative estimate of drug-likeness (QED) is 0.281. The highest BCUT2D eigenvalue weighted by atomic mass is 16.6. The molecule has 0 saturated carbocycles. The zero-order chi connectivity index (χ0) is 16.3. The number of nitriles is 1. The second-order valence-corrected chi connectivity index (χ2v) is 5.15. The zero-order valence-electron chi connectivity index (χ0n) is 12.5. The second kappa shape index (κ2) is 5.85. The number of hydrogen-bond donors (Lipinski definition) is 0. The Labute approximate surface area is 127 Å². The van der Waals surface area contributed by atoms with Crippen LogP contribution >= 0.6 is 0 Å². The average molecular weight is 301 g/mol. The molecule has 0 spiro atoms. The number of benzene rings is 1. The number of nitrogens with zero attached hydrogens (tertiary/aromatic N) is 3. The highest BCUT2D eigenvalue weighted by Crippen LogP contribution is 2.38. The van der Waals surface area contributed by atoms with Crippen LogP contribution in [0.3, 0.4) is 0 Å². The summed E-state index contributed by atoms with van der Waals surface area (Å²) >= 11 is 0. The number of ether oxygens (including phenoxy) is 2. The minimum absolute atomic E-state index is 0.0687. The standard InChI is InChI=1S/C15H15N3O4/c1-4-21-14(17-9-16)12-8-15(2,3)22-13-6-5-10(18(19)20)7-11(12)13/h5-8H,4H2,1-3H3/b17-14-. The van der Waals surface area contributed by atoms with Crippen molar-refractivity contribution >= 4 is 17.2 Å². The van der Waals surface area contributed by atoms with Gasteiger partial charge in [-0.05, 0) is 32.9 Å². The molecule has 2 rings (SSSR count). The van der Waals surface area contributed by atoms with Crippen molar-refractivity contribution in [2.75, 3.05) is 6.61 Å². The van der Waals surface area contributed by atoms with Gasteiger partial charge >= 0.3 is 0 Å². The maximum Gasteiger partial charge on any atom is 0.270 e. The third-order valence-corrected chi connectivity index (χ3v) is 2.99. The monoisotopic (exact) mass is 301 g/mol. The Hall–Kier alpha value is -2.88. The van der Waals surface area contributed by atoms with E-state index >= 15 is 0 Å². The molecule has 1 aromatic rings. The topological polar surface area (TPSA) is 97.8 Å². The van der Waals surface area contributed by atoms with E-state index in [2.05, 4.69) is 4.99 Å². The summed E-state index contributed by atoms with van der Waals surface area (Å²) in [7, 11) is 0. The molecule has 0 saturated heterocycles. The van der Waals surface area contributed by atoms with Gasteiger partial charge in [0.1, 0.15) is 11.4 Å². The fourth-order valence-corrected chi connectivity index (χ4v) is 2.20. The third kappa shape index (κ3) is 3.06. The fraction of sp³-hybridized carbons (Fsp3) is 0.333. The summed E-state index contributed by atoms with van der Waals surface area (Å²) in [4.78, 5) is 14.2. The maximum atomic E-state index is 11.0. The zero-order valence-corrected chi connectivity index (χ0v) is 12.5. The van der Waals surface area contributed by atoms with Crippen LogP contribution in [0.1, 0.15) is 26.3 Å². The summed E-state index contributed by atoms with van der Waals surface area (Å²) in [5.41, 5.74) is 0.279. The van der Waals surface area contributed by atoms with Gasteiger partial charge in [0.05, 0.1) is 11.5 Å². The molecule has 22 heavy (non-hydrogen) atoms. The normalized spacial score (nSPS) is 15.9. The van der Waals surface area contributed by atoms with Gasteiger partial charge in [0.25, 0.3) is 5.69 Å². The molecular weight excluding hydrogens is 286 g/mol. The van der Waals surface area contributed by atoms with Crippen LogP contribution in [0.15, 0.2) is 29.3 Å². The van der Waals surface area contributed by atoms with Crippen molar-refractivity contribution < 1.29 is 14.4 Å². The first-order valence-corrected chi connectivity index (χ1v) is 6.68. The maximum absolute atomic E-state index is 11.0. The highest BCUT2D eigenvalue weighted by Gasteiger charge is 2.31. The number of fused-ring (bicyclic) bond motifs is 1. The van der Waals surface area contributed by atoms with Crippen LogP contribution in [0.2, 0.25) is 0 Å². The lowest BCUT2D eigenvalue weighted by atomic mass is 9.94. The van der Waals surface area contributed by atoms with Gasteiger partial charge in [-0.2, -0.15) is 5.26 Å². The molecule has 7 heteroatoms. The van der Waals surface area contributed by atoms with Gasteiger partial charge in [-0.3, -0.25) is 10.1 Å². The number of rotatable bonds is 3. The molecule has 0 bridgehead atoms. The van der Waals surface area contributed by atoms with Crippen molar-refractivity contribution in [3.8, 4) is 11.9 Å². The van der Waals surface area contributed by atoms with E-state index in [-0.39, 0.29) is 11.6 Å². The Morgan fingerprint density at radius 1 is 1.55 bits per heavy atom. The van der Waals surface area contributed by atoms with Crippen molar-refractivity contribution in [3.05, 3.63) is 40.0 Å². The number of nitro benzene ring substituents is 1. The summed E-state index contributed by atoms with van der Waals surface area (Å²) in [6, 6.07) is 4.31. The van der Waals surface area contributed by atoms with E-state index in [0.29, 0.717) is 23.5 Å². The predicted octanol–water partition coefficient (Wildman–Crippen LogP) is 3.07. The Bertz CT molecular complexity index is 714. The minimum Gasteiger partial charge on any atom is -0.483 e. The number of non-ortho nitro benzene ring substituents is 1. The number of nitro groups is 1. The van der Waals surface area contributed by atoms with E-state index in [9.17, 15) is 10.1 Å². The van der Waals surface area contributed by atoms with E-state index in [1.165, 1.54) is 18.2 Å². The highest BCUT2D eigenvalue weighted by molar-refractivity contribution is 6.21. The molecule has 1 heterocycles. The molecule has 0 radical (unpaired) electrons. The molecule has 0 fully saturated rings. The molecule has 0 N–H and O–H groups in total. The van der Waals surface area contributed by atoms with Crippen molar-refractivity contribution in [3.63, 3.8) is 0 Å².